The van der Waals surface area contributed by atoms with E-state index in [0.717, 1.165) is 77.2 Å². The van der Waals surface area contributed by atoms with E-state index >= 15 is 0 Å². The van der Waals surface area contributed by atoms with Gasteiger partial charge in [0.2, 0.25) is 0 Å². The van der Waals surface area contributed by atoms with Gasteiger partial charge in [0.1, 0.15) is 6.07 Å². The first-order valence-corrected chi connectivity index (χ1v) is 16.3. The van der Waals surface area contributed by atoms with E-state index in [1.54, 1.807) is 0 Å². The van der Waals surface area contributed by atoms with Gasteiger partial charge in [-0.3, -0.25) is 0 Å². The molecule has 230 valence electrons. The first-order valence-electron chi connectivity index (χ1n) is 16.3. The summed E-state index contributed by atoms with van der Waals surface area (Å²) in [6.07, 6.45) is 0. The maximum atomic E-state index is 10.4. The number of fused-ring (bicyclic) bond motifs is 6. The minimum Gasteiger partial charge on any atom is -0.309 e. The number of aromatic nitrogens is 2. The van der Waals surface area contributed by atoms with Crippen molar-refractivity contribution in [3.63, 3.8) is 0 Å². The Kier molecular flexibility index (Phi) is 6.56. The number of rotatable bonds is 4. The molecule has 9 aromatic rings. The summed E-state index contributed by atoms with van der Waals surface area (Å²) >= 11 is 0. The predicted octanol–water partition coefficient (Wildman–Crippen LogP) is 10.8. The molecule has 0 radical (unpaired) electrons. The molecule has 0 saturated heterocycles. The number of hydrogen-bond acceptors (Lipinski definition) is 3. The summed E-state index contributed by atoms with van der Waals surface area (Å²) in [7, 11) is 0. The van der Waals surface area contributed by atoms with Gasteiger partial charge in [0.25, 0.3) is 0 Å². The van der Waals surface area contributed by atoms with Crippen molar-refractivity contribution in [3.8, 4) is 51.8 Å². The fraction of sp³-hybridized carbons (Fsp3) is 0. The summed E-state index contributed by atoms with van der Waals surface area (Å²) in [4.78, 5) is 0. The van der Waals surface area contributed by atoms with E-state index in [4.69, 9.17) is 0 Å². The topological polar surface area (TPSA) is 81.2 Å². The molecule has 9 rings (SSSR count). The molecule has 0 fully saturated rings. The van der Waals surface area contributed by atoms with Crippen molar-refractivity contribution < 1.29 is 0 Å². The Labute approximate surface area is 287 Å². The zero-order valence-electron chi connectivity index (χ0n) is 26.7. The standard InChI is InChI=1S/C45H25N5/c46-26-29-20-23-44-40(24-29)37-15-5-6-17-41(37)49(44)32-22-21-30(27-47)39(25-32)34-12-2-1-11-33(34)35-13-3-7-18-42(35)50-43-19-8-4-14-36(43)38-16-9-10-31(28-48)45(38)50/h1-25H. The molecule has 0 atom stereocenters. The van der Waals surface area contributed by atoms with Gasteiger partial charge in [-0.2, -0.15) is 15.8 Å². The molecular formula is C45H25N5. The van der Waals surface area contributed by atoms with Crippen LogP contribution < -0.4 is 0 Å². The lowest BCUT2D eigenvalue weighted by Crippen LogP contribution is -2.00. The highest BCUT2D eigenvalue weighted by atomic mass is 15.0. The van der Waals surface area contributed by atoms with Crippen LogP contribution in [-0.2, 0) is 0 Å². The van der Waals surface area contributed by atoms with E-state index in [1.165, 1.54) is 0 Å². The van der Waals surface area contributed by atoms with Crippen molar-refractivity contribution in [1.82, 2.24) is 9.13 Å². The minimum absolute atomic E-state index is 0.565. The summed E-state index contributed by atoms with van der Waals surface area (Å²) in [5.74, 6) is 0. The highest BCUT2D eigenvalue weighted by Crippen LogP contribution is 2.42. The second kappa shape index (κ2) is 11.4. The third kappa shape index (κ3) is 4.24. The van der Waals surface area contributed by atoms with E-state index < -0.39 is 0 Å². The summed E-state index contributed by atoms with van der Waals surface area (Å²) in [6, 6.07) is 57.8. The Hall–Kier alpha value is -7.39. The van der Waals surface area contributed by atoms with E-state index in [1.807, 2.05) is 91.0 Å². The van der Waals surface area contributed by atoms with Gasteiger partial charge in [0.15, 0.2) is 0 Å². The van der Waals surface area contributed by atoms with Crippen molar-refractivity contribution >= 4 is 43.6 Å². The quantitative estimate of drug-likeness (QED) is 0.193. The zero-order chi connectivity index (χ0) is 33.8. The molecule has 0 saturated carbocycles. The van der Waals surface area contributed by atoms with E-state index in [2.05, 4.69) is 88.0 Å². The van der Waals surface area contributed by atoms with Crippen LogP contribution in [0.4, 0.5) is 0 Å². The Morgan fingerprint density at radius 3 is 1.72 bits per heavy atom. The van der Waals surface area contributed by atoms with Crippen molar-refractivity contribution in [2.24, 2.45) is 0 Å². The fourth-order valence-electron chi connectivity index (χ4n) is 7.52. The van der Waals surface area contributed by atoms with E-state index in [0.29, 0.717) is 16.7 Å². The first-order chi connectivity index (χ1) is 24.7. The Bertz CT molecular complexity index is 2970. The number of nitrogens with zero attached hydrogens (tertiary/aromatic N) is 5. The van der Waals surface area contributed by atoms with Gasteiger partial charge in [0, 0.05) is 38.4 Å². The fourth-order valence-corrected chi connectivity index (χ4v) is 7.52. The Balaban J connectivity index is 1.31. The van der Waals surface area contributed by atoms with Crippen LogP contribution >= 0.6 is 0 Å². The molecular weight excluding hydrogens is 611 g/mol. The van der Waals surface area contributed by atoms with Crippen molar-refractivity contribution in [2.45, 2.75) is 0 Å². The molecule has 7 aromatic carbocycles. The highest BCUT2D eigenvalue weighted by Gasteiger charge is 2.21. The summed E-state index contributed by atoms with van der Waals surface area (Å²) in [5, 5.41) is 34.5. The molecule has 0 bridgehead atoms. The van der Waals surface area contributed by atoms with Crippen LogP contribution in [0.15, 0.2) is 152 Å². The van der Waals surface area contributed by atoms with Gasteiger partial charge in [-0.25, -0.2) is 0 Å². The smallest absolute Gasteiger partial charge is 0.101 e. The van der Waals surface area contributed by atoms with Crippen LogP contribution in [0.25, 0.3) is 77.2 Å². The predicted molar refractivity (Wildman–Crippen MR) is 200 cm³/mol. The van der Waals surface area contributed by atoms with Gasteiger partial charge in [-0.15, -0.1) is 0 Å². The van der Waals surface area contributed by atoms with Crippen molar-refractivity contribution in [3.05, 3.63) is 168 Å². The minimum atomic E-state index is 0.565. The van der Waals surface area contributed by atoms with Crippen molar-refractivity contribution in [2.75, 3.05) is 0 Å². The third-order valence-electron chi connectivity index (χ3n) is 9.65. The van der Waals surface area contributed by atoms with Gasteiger partial charge in [-0.05, 0) is 71.8 Å². The lowest BCUT2D eigenvalue weighted by molar-refractivity contribution is 1.17. The lowest BCUT2D eigenvalue weighted by Gasteiger charge is -2.18. The van der Waals surface area contributed by atoms with Gasteiger partial charge in [-0.1, -0.05) is 91.0 Å². The van der Waals surface area contributed by atoms with Crippen LogP contribution in [0, 0.1) is 34.0 Å². The molecule has 50 heavy (non-hydrogen) atoms. The van der Waals surface area contributed by atoms with Crippen LogP contribution in [0.2, 0.25) is 0 Å². The Morgan fingerprint density at radius 2 is 0.980 bits per heavy atom. The number of nitriles is 3. The van der Waals surface area contributed by atoms with Crippen LogP contribution in [-0.4, -0.2) is 9.13 Å². The molecule has 2 heterocycles. The number of benzene rings is 7. The average Bonchev–Trinajstić information content (AvgIpc) is 3.70. The monoisotopic (exact) mass is 635 g/mol. The molecule has 0 N–H and O–H groups in total. The molecule has 5 heteroatoms. The lowest BCUT2D eigenvalue weighted by atomic mass is 9.91. The summed E-state index contributed by atoms with van der Waals surface area (Å²) in [6.45, 7) is 0. The SMILES string of the molecule is N#Cc1ccc2c(c1)c1ccccc1n2-c1ccc(C#N)c(-c2ccccc2-c2ccccc2-n2c3ccccc3c3cccc(C#N)c32)c1. The summed E-state index contributed by atoms with van der Waals surface area (Å²) < 4.78 is 4.40. The summed E-state index contributed by atoms with van der Waals surface area (Å²) in [5.41, 5.74) is 11.2. The normalized spacial score (nSPS) is 11.1. The van der Waals surface area contributed by atoms with Crippen LogP contribution in [0.3, 0.4) is 0 Å². The second-order valence-corrected chi connectivity index (χ2v) is 12.3. The maximum absolute atomic E-state index is 10.4. The van der Waals surface area contributed by atoms with Gasteiger partial charge in [0.05, 0.1) is 56.6 Å². The van der Waals surface area contributed by atoms with Gasteiger partial charge >= 0.3 is 0 Å². The first kappa shape index (κ1) is 28.8. The van der Waals surface area contributed by atoms with Gasteiger partial charge < -0.3 is 9.13 Å². The molecule has 0 aliphatic rings. The Morgan fingerprint density at radius 1 is 0.380 bits per heavy atom. The molecule has 2 aromatic heterocycles. The van der Waals surface area contributed by atoms with Crippen molar-refractivity contribution in [1.29, 1.82) is 15.8 Å². The highest BCUT2D eigenvalue weighted by molar-refractivity contribution is 6.12. The molecule has 0 aliphatic heterocycles. The van der Waals surface area contributed by atoms with E-state index in [9.17, 15) is 15.8 Å². The van der Waals surface area contributed by atoms with Crippen LogP contribution in [0.1, 0.15) is 16.7 Å². The van der Waals surface area contributed by atoms with E-state index in [-0.39, 0.29) is 0 Å². The third-order valence-corrected chi connectivity index (χ3v) is 9.65. The second-order valence-electron chi connectivity index (χ2n) is 12.3. The molecule has 0 spiro atoms. The van der Waals surface area contributed by atoms with Crippen LogP contribution in [0.5, 0.6) is 0 Å². The molecule has 0 amide bonds. The molecule has 0 unspecified atom stereocenters. The zero-order valence-corrected chi connectivity index (χ0v) is 26.7. The average molecular weight is 636 g/mol. The molecule has 0 aliphatic carbocycles. The number of hydrogen-bond donors (Lipinski definition) is 0. The maximum Gasteiger partial charge on any atom is 0.101 e. The number of para-hydroxylation sites is 4. The largest absolute Gasteiger partial charge is 0.309 e. The molecule has 5 nitrogen and oxygen atoms in total.